The molecule has 0 aliphatic heterocycles. The van der Waals surface area contributed by atoms with Gasteiger partial charge >= 0.3 is 11.9 Å². The van der Waals surface area contributed by atoms with Crippen LogP contribution in [-0.2, 0) is 4.74 Å². The van der Waals surface area contributed by atoms with Gasteiger partial charge in [0.05, 0.1) is 6.61 Å². The number of nitrogens with zero attached hydrogens (tertiary/aromatic N) is 2. The van der Waals surface area contributed by atoms with E-state index in [9.17, 15) is 4.79 Å². The van der Waals surface area contributed by atoms with Crippen molar-refractivity contribution in [1.29, 1.82) is 0 Å². The maximum absolute atomic E-state index is 11.3. The van der Waals surface area contributed by atoms with Gasteiger partial charge in [0.15, 0.2) is 0 Å². The Morgan fingerprint density at radius 1 is 1.47 bits per heavy atom. The van der Waals surface area contributed by atoms with Crippen LogP contribution in [0.25, 0.3) is 11.5 Å². The topological polar surface area (TPSA) is 65.2 Å². The Kier molecular flexibility index (Phi) is 3.53. The number of hydrogen-bond donors (Lipinski definition) is 0. The SMILES string of the molecule is CCOC(=O)c1nnc(-c2cccc(Br)c2)o1. The second-order valence-corrected chi connectivity index (χ2v) is 4.06. The highest BCUT2D eigenvalue weighted by Gasteiger charge is 2.16. The summed E-state index contributed by atoms with van der Waals surface area (Å²) in [4.78, 5) is 11.3. The monoisotopic (exact) mass is 296 g/mol. The molecule has 0 saturated carbocycles. The third-order valence-electron chi connectivity index (χ3n) is 1.95. The van der Waals surface area contributed by atoms with Crippen molar-refractivity contribution < 1.29 is 13.9 Å². The maximum Gasteiger partial charge on any atom is 0.396 e. The fourth-order valence-corrected chi connectivity index (χ4v) is 1.64. The number of carbonyl (C=O) groups excluding carboxylic acids is 1. The second-order valence-electron chi connectivity index (χ2n) is 3.14. The average Bonchev–Trinajstić information content (AvgIpc) is 2.78. The fourth-order valence-electron chi connectivity index (χ4n) is 1.24. The quantitative estimate of drug-likeness (QED) is 0.815. The molecule has 0 aliphatic rings. The third-order valence-corrected chi connectivity index (χ3v) is 2.44. The molecule has 1 aromatic carbocycles. The van der Waals surface area contributed by atoms with E-state index in [-0.39, 0.29) is 18.4 Å². The minimum atomic E-state index is -0.610. The van der Waals surface area contributed by atoms with Gasteiger partial charge in [-0.25, -0.2) is 4.79 Å². The van der Waals surface area contributed by atoms with Crippen LogP contribution in [-0.4, -0.2) is 22.8 Å². The summed E-state index contributed by atoms with van der Waals surface area (Å²) in [5.74, 6) is -0.461. The smallest absolute Gasteiger partial charge is 0.396 e. The third kappa shape index (κ3) is 2.71. The van der Waals surface area contributed by atoms with E-state index in [1.54, 1.807) is 6.92 Å². The zero-order chi connectivity index (χ0) is 12.3. The summed E-state index contributed by atoms with van der Waals surface area (Å²) >= 11 is 3.34. The summed E-state index contributed by atoms with van der Waals surface area (Å²) in [6.45, 7) is 1.98. The molecule has 0 bridgehead atoms. The largest absolute Gasteiger partial charge is 0.459 e. The van der Waals surface area contributed by atoms with Gasteiger partial charge in [-0.05, 0) is 25.1 Å². The predicted molar refractivity (Wildman–Crippen MR) is 63.4 cm³/mol. The number of ether oxygens (including phenoxy) is 1. The summed E-state index contributed by atoms with van der Waals surface area (Å²) in [5, 5.41) is 7.43. The molecule has 0 fully saturated rings. The minimum absolute atomic E-state index is 0.137. The number of carbonyl (C=O) groups is 1. The van der Waals surface area contributed by atoms with Crippen LogP contribution in [0.2, 0.25) is 0 Å². The van der Waals surface area contributed by atoms with Crippen LogP contribution in [0.5, 0.6) is 0 Å². The van der Waals surface area contributed by atoms with E-state index in [1.165, 1.54) is 0 Å². The van der Waals surface area contributed by atoms with Crippen LogP contribution in [0.1, 0.15) is 17.6 Å². The normalized spacial score (nSPS) is 10.2. The van der Waals surface area contributed by atoms with Gasteiger partial charge in [-0.2, -0.15) is 0 Å². The van der Waals surface area contributed by atoms with Crippen LogP contribution in [0.3, 0.4) is 0 Å². The van der Waals surface area contributed by atoms with Crippen molar-refractivity contribution in [3.8, 4) is 11.5 Å². The predicted octanol–water partition coefficient (Wildman–Crippen LogP) is 2.68. The number of halogens is 1. The molecule has 2 rings (SSSR count). The van der Waals surface area contributed by atoms with Gasteiger partial charge in [-0.15, -0.1) is 10.2 Å². The number of benzene rings is 1. The van der Waals surface area contributed by atoms with Gasteiger partial charge in [-0.3, -0.25) is 0 Å². The van der Waals surface area contributed by atoms with Crippen LogP contribution in [0.15, 0.2) is 33.2 Å². The number of rotatable bonds is 3. The van der Waals surface area contributed by atoms with E-state index >= 15 is 0 Å². The molecule has 0 N–H and O–H groups in total. The Morgan fingerprint density at radius 2 is 2.29 bits per heavy atom. The molecule has 0 aliphatic carbocycles. The molecule has 0 radical (unpaired) electrons. The molecule has 2 aromatic rings. The lowest BCUT2D eigenvalue weighted by molar-refractivity contribution is 0.0481. The van der Waals surface area contributed by atoms with Crippen molar-refractivity contribution in [3.05, 3.63) is 34.6 Å². The first kappa shape index (κ1) is 11.8. The fraction of sp³-hybridized carbons (Fsp3) is 0.182. The lowest BCUT2D eigenvalue weighted by Crippen LogP contribution is -2.04. The van der Waals surface area contributed by atoms with Gasteiger partial charge in [0, 0.05) is 10.0 Å². The zero-order valence-corrected chi connectivity index (χ0v) is 10.6. The molecule has 0 amide bonds. The van der Waals surface area contributed by atoms with Gasteiger partial charge in [-0.1, -0.05) is 22.0 Å². The molecule has 0 spiro atoms. The molecule has 0 atom stereocenters. The van der Waals surface area contributed by atoms with Gasteiger partial charge in [0.2, 0.25) is 5.89 Å². The molecular formula is C11H9BrN2O3. The van der Waals surface area contributed by atoms with Crippen molar-refractivity contribution in [2.24, 2.45) is 0 Å². The Bertz CT molecular complexity index is 539. The highest BCUT2D eigenvalue weighted by atomic mass is 79.9. The van der Waals surface area contributed by atoms with Crippen LogP contribution in [0, 0.1) is 0 Å². The average molecular weight is 297 g/mol. The highest BCUT2D eigenvalue weighted by Crippen LogP contribution is 2.21. The molecule has 0 unspecified atom stereocenters. The summed E-state index contributed by atoms with van der Waals surface area (Å²) in [6.07, 6.45) is 0. The first-order chi connectivity index (χ1) is 8.20. The van der Waals surface area contributed by atoms with E-state index < -0.39 is 5.97 Å². The van der Waals surface area contributed by atoms with Crippen molar-refractivity contribution >= 4 is 21.9 Å². The lowest BCUT2D eigenvalue weighted by Gasteiger charge is -1.96. The van der Waals surface area contributed by atoms with Crippen molar-refractivity contribution in [2.75, 3.05) is 6.61 Å². The zero-order valence-electron chi connectivity index (χ0n) is 9.01. The van der Waals surface area contributed by atoms with E-state index in [0.717, 1.165) is 10.0 Å². The van der Waals surface area contributed by atoms with Gasteiger partial charge in [0.25, 0.3) is 0 Å². The summed E-state index contributed by atoms with van der Waals surface area (Å²) in [5.41, 5.74) is 0.738. The van der Waals surface area contributed by atoms with Crippen LogP contribution in [0.4, 0.5) is 0 Å². The summed E-state index contributed by atoms with van der Waals surface area (Å²) in [6, 6.07) is 7.36. The molecule has 6 heteroatoms. The Labute approximate surface area is 106 Å². The number of aromatic nitrogens is 2. The Balaban J connectivity index is 2.27. The molecule has 1 heterocycles. The molecule has 88 valence electrons. The van der Waals surface area contributed by atoms with Crippen molar-refractivity contribution in [2.45, 2.75) is 6.92 Å². The molecule has 17 heavy (non-hydrogen) atoms. The van der Waals surface area contributed by atoms with Crippen molar-refractivity contribution in [1.82, 2.24) is 10.2 Å². The van der Waals surface area contributed by atoms with E-state index in [0.29, 0.717) is 0 Å². The van der Waals surface area contributed by atoms with Crippen molar-refractivity contribution in [3.63, 3.8) is 0 Å². The molecular weight excluding hydrogens is 288 g/mol. The Hall–Kier alpha value is -1.69. The number of esters is 1. The molecule has 5 nitrogen and oxygen atoms in total. The Morgan fingerprint density at radius 3 is 3.00 bits per heavy atom. The summed E-state index contributed by atoms with van der Waals surface area (Å²) < 4.78 is 10.9. The van der Waals surface area contributed by atoms with E-state index in [4.69, 9.17) is 9.15 Å². The lowest BCUT2D eigenvalue weighted by atomic mass is 10.2. The van der Waals surface area contributed by atoms with Crippen LogP contribution < -0.4 is 0 Å². The molecule has 1 aromatic heterocycles. The highest BCUT2D eigenvalue weighted by molar-refractivity contribution is 9.10. The minimum Gasteiger partial charge on any atom is -0.459 e. The van der Waals surface area contributed by atoms with Gasteiger partial charge in [0.1, 0.15) is 0 Å². The standard InChI is InChI=1S/C11H9BrN2O3/c1-2-16-11(15)10-14-13-9(17-10)7-4-3-5-8(12)6-7/h3-6H,2H2,1H3. The van der Waals surface area contributed by atoms with E-state index in [2.05, 4.69) is 26.1 Å². The maximum atomic E-state index is 11.3. The van der Waals surface area contributed by atoms with E-state index in [1.807, 2.05) is 24.3 Å². The van der Waals surface area contributed by atoms with Gasteiger partial charge < -0.3 is 9.15 Å². The number of hydrogen-bond acceptors (Lipinski definition) is 5. The first-order valence-electron chi connectivity index (χ1n) is 4.97. The first-order valence-corrected chi connectivity index (χ1v) is 5.76. The second kappa shape index (κ2) is 5.09. The molecule has 0 saturated heterocycles. The summed E-state index contributed by atoms with van der Waals surface area (Å²) in [7, 11) is 0. The van der Waals surface area contributed by atoms with Crippen LogP contribution >= 0.6 is 15.9 Å².